The van der Waals surface area contributed by atoms with E-state index in [4.69, 9.17) is 16.3 Å². The number of fused-ring (bicyclic) bond motifs is 1. The fourth-order valence-electron chi connectivity index (χ4n) is 2.82. The number of hydrogen-bond acceptors (Lipinski definition) is 3. The molecular formula is C18H15ClN2O. The van der Waals surface area contributed by atoms with E-state index in [1.807, 2.05) is 30.5 Å². The van der Waals surface area contributed by atoms with Gasteiger partial charge in [0.25, 0.3) is 0 Å². The third-order valence-corrected chi connectivity index (χ3v) is 4.30. The SMILES string of the molecule is Clc1cccc(C2(Nc3ccc4cccnc4c3)COC2)c1. The molecule has 0 spiro atoms. The number of anilines is 1. The number of nitrogens with zero attached hydrogens (tertiary/aromatic N) is 1. The highest BCUT2D eigenvalue weighted by Crippen LogP contribution is 2.35. The minimum atomic E-state index is -0.215. The molecule has 3 aromatic rings. The third kappa shape index (κ3) is 2.32. The molecule has 0 atom stereocenters. The van der Waals surface area contributed by atoms with Crippen LogP contribution in [0, 0.1) is 0 Å². The summed E-state index contributed by atoms with van der Waals surface area (Å²) in [5.41, 5.74) is 2.95. The molecule has 2 aromatic carbocycles. The molecule has 1 aromatic heterocycles. The van der Waals surface area contributed by atoms with Crippen LogP contribution in [-0.2, 0) is 10.3 Å². The normalized spacial score (nSPS) is 16.2. The molecule has 0 amide bonds. The maximum absolute atomic E-state index is 6.13. The summed E-state index contributed by atoms with van der Waals surface area (Å²) in [5.74, 6) is 0. The summed E-state index contributed by atoms with van der Waals surface area (Å²) < 4.78 is 5.47. The van der Waals surface area contributed by atoms with Gasteiger partial charge in [-0.2, -0.15) is 0 Å². The Kier molecular flexibility index (Phi) is 3.25. The van der Waals surface area contributed by atoms with Gasteiger partial charge >= 0.3 is 0 Å². The fraction of sp³-hybridized carbons (Fsp3) is 0.167. The van der Waals surface area contributed by atoms with Crippen molar-refractivity contribution in [3.05, 3.63) is 71.4 Å². The van der Waals surface area contributed by atoms with Crippen molar-refractivity contribution in [2.75, 3.05) is 18.5 Å². The summed E-state index contributed by atoms with van der Waals surface area (Å²) in [6, 6.07) is 18.2. The van der Waals surface area contributed by atoms with Crippen molar-refractivity contribution < 1.29 is 4.74 Å². The molecule has 22 heavy (non-hydrogen) atoms. The van der Waals surface area contributed by atoms with E-state index in [0.717, 1.165) is 27.2 Å². The molecule has 4 rings (SSSR count). The molecule has 4 heteroatoms. The Morgan fingerprint density at radius 1 is 1.05 bits per heavy atom. The lowest BCUT2D eigenvalue weighted by Gasteiger charge is -2.43. The largest absolute Gasteiger partial charge is 0.376 e. The summed E-state index contributed by atoms with van der Waals surface area (Å²) in [6.45, 7) is 1.27. The Morgan fingerprint density at radius 2 is 1.95 bits per heavy atom. The van der Waals surface area contributed by atoms with Crippen LogP contribution in [0.15, 0.2) is 60.8 Å². The Morgan fingerprint density at radius 3 is 2.73 bits per heavy atom. The van der Waals surface area contributed by atoms with Crippen LogP contribution in [0.5, 0.6) is 0 Å². The number of ether oxygens (including phenoxy) is 1. The second-order valence-electron chi connectivity index (χ2n) is 5.62. The van der Waals surface area contributed by atoms with Crippen molar-refractivity contribution in [1.82, 2.24) is 4.98 Å². The zero-order valence-electron chi connectivity index (χ0n) is 11.9. The lowest BCUT2D eigenvalue weighted by molar-refractivity contribution is -0.0446. The van der Waals surface area contributed by atoms with Crippen molar-refractivity contribution in [2.45, 2.75) is 5.54 Å². The molecular weight excluding hydrogens is 296 g/mol. The van der Waals surface area contributed by atoms with E-state index >= 15 is 0 Å². The number of hydrogen-bond donors (Lipinski definition) is 1. The maximum atomic E-state index is 6.13. The first-order chi connectivity index (χ1) is 10.8. The second kappa shape index (κ2) is 5.27. The predicted octanol–water partition coefficient (Wildman–Crippen LogP) is 4.23. The number of aromatic nitrogens is 1. The van der Waals surface area contributed by atoms with Gasteiger partial charge in [0, 0.05) is 22.3 Å². The number of pyridine rings is 1. The van der Waals surface area contributed by atoms with Gasteiger partial charge < -0.3 is 10.1 Å². The molecule has 1 fully saturated rings. The average Bonchev–Trinajstić information content (AvgIpc) is 2.51. The monoisotopic (exact) mass is 310 g/mol. The fourth-order valence-corrected chi connectivity index (χ4v) is 3.01. The van der Waals surface area contributed by atoms with Crippen LogP contribution in [0.1, 0.15) is 5.56 Å². The van der Waals surface area contributed by atoms with Crippen molar-refractivity contribution in [2.24, 2.45) is 0 Å². The summed E-state index contributed by atoms with van der Waals surface area (Å²) in [6.07, 6.45) is 1.81. The summed E-state index contributed by atoms with van der Waals surface area (Å²) in [4.78, 5) is 4.41. The molecule has 110 valence electrons. The molecule has 1 saturated heterocycles. The number of nitrogens with one attached hydrogen (secondary N) is 1. The average molecular weight is 311 g/mol. The van der Waals surface area contributed by atoms with Gasteiger partial charge in [-0.25, -0.2) is 0 Å². The minimum Gasteiger partial charge on any atom is -0.376 e. The van der Waals surface area contributed by atoms with E-state index in [1.54, 1.807) is 0 Å². The van der Waals surface area contributed by atoms with E-state index in [2.05, 4.69) is 40.6 Å². The molecule has 1 N–H and O–H groups in total. The van der Waals surface area contributed by atoms with Gasteiger partial charge in [-0.05, 0) is 35.9 Å². The van der Waals surface area contributed by atoms with Gasteiger partial charge in [0.2, 0.25) is 0 Å². The van der Waals surface area contributed by atoms with Gasteiger partial charge in [-0.3, -0.25) is 4.98 Å². The maximum Gasteiger partial charge on any atom is 0.110 e. The van der Waals surface area contributed by atoms with Crippen LogP contribution in [0.25, 0.3) is 10.9 Å². The highest BCUT2D eigenvalue weighted by Gasteiger charge is 2.40. The van der Waals surface area contributed by atoms with Crippen LogP contribution in [-0.4, -0.2) is 18.2 Å². The molecule has 1 aliphatic heterocycles. The summed E-state index contributed by atoms with van der Waals surface area (Å²) >= 11 is 6.13. The highest BCUT2D eigenvalue weighted by atomic mass is 35.5. The quantitative estimate of drug-likeness (QED) is 0.786. The Labute approximate surface area is 133 Å². The Balaban J connectivity index is 1.70. The van der Waals surface area contributed by atoms with E-state index in [0.29, 0.717) is 13.2 Å². The zero-order chi connectivity index (χ0) is 15.0. The van der Waals surface area contributed by atoms with Crippen molar-refractivity contribution in [3.8, 4) is 0 Å². The first-order valence-electron chi connectivity index (χ1n) is 7.22. The van der Waals surface area contributed by atoms with Crippen LogP contribution >= 0.6 is 11.6 Å². The topological polar surface area (TPSA) is 34.2 Å². The zero-order valence-corrected chi connectivity index (χ0v) is 12.7. The number of benzene rings is 2. The molecule has 0 aliphatic carbocycles. The van der Waals surface area contributed by atoms with Crippen molar-refractivity contribution in [3.63, 3.8) is 0 Å². The van der Waals surface area contributed by atoms with Gasteiger partial charge in [0.15, 0.2) is 0 Å². The van der Waals surface area contributed by atoms with E-state index in [1.165, 1.54) is 0 Å². The van der Waals surface area contributed by atoms with E-state index in [-0.39, 0.29) is 5.54 Å². The lowest BCUT2D eigenvalue weighted by atomic mass is 9.87. The molecule has 0 bridgehead atoms. The van der Waals surface area contributed by atoms with Crippen LogP contribution in [0.2, 0.25) is 5.02 Å². The smallest absolute Gasteiger partial charge is 0.110 e. The van der Waals surface area contributed by atoms with Gasteiger partial charge in [0.05, 0.1) is 18.7 Å². The molecule has 0 unspecified atom stereocenters. The molecule has 0 saturated carbocycles. The lowest BCUT2D eigenvalue weighted by Crippen LogP contribution is -2.52. The predicted molar refractivity (Wildman–Crippen MR) is 89.3 cm³/mol. The summed E-state index contributed by atoms with van der Waals surface area (Å²) in [5, 5.41) is 5.48. The third-order valence-electron chi connectivity index (χ3n) is 4.06. The molecule has 2 heterocycles. The van der Waals surface area contributed by atoms with Gasteiger partial charge in [-0.1, -0.05) is 35.9 Å². The van der Waals surface area contributed by atoms with Crippen molar-refractivity contribution >= 4 is 28.2 Å². The van der Waals surface area contributed by atoms with E-state index < -0.39 is 0 Å². The molecule has 0 radical (unpaired) electrons. The van der Waals surface area contributed by atoms with Gasteiger partial charge in [-0.15, -0.1) is 0 Å². The highest BCUT2D eigenvalue weighted by molar-refractivity contribution is 6.30. The van der Waals surface area contributed by atoms with E-state index in [9.17, 15) is 0 Å². The Bertz CT molecular complexity index is 830. The number of halogens is 1. The Hall–Kier alpha value is -2.10. The second-order valence-corrected chi connectivity index (χ2v) is 6.06. The molecule has 1 aliphatic rings. The first-order valence-corrected chi connectivity index (χ1v) is 7.60. The standard InChI is InChI=1S/C18H15ClN2O/c19-15-5-1-4-14(9-15)18(11-22-12-18)21-16-7-6-13-3-2-8-20-17(13)10-16/h1-10,21H,11-12H2. The first kappa shape index (κ1) is 13.6. The molecule has 3 nitrogen and oxygen atoms in total. The van der Waals surface area contributed by atoms with Crippen molar-refractivity contribution in [1.29, 1.82) is 0 Å². The van der Waals surface area contributed by atoms with Gasteiger partial charge in [0.1, 0.15) is 5.54 Å². The minimum absolute atomic E-state index is 0.215. The number of rotatable bonds is 3. The van der Waals surface area contributed by atoms with Crippen LogP contribution in [0.3, 0.4) is 0 Å². The van der Waals surface area contributed by atoms with Crippen LogP contribution < -0.4 is 5.32 Å². The summed E-state index contributed by atoms with van der Waals surface area (Å²) in [7, 11) is 0. The van der Waals surface area contributed by atoms with Crippen LogP contribution in [0.4, 0.5) is 5.69 Å².